The maximum atomic E-state index is 12.4. The maximum absolute atomic E-state index is 12.4. The van der Waals surface area contributed by atoms with Gasteiger partial charge in [-0.2, -0.15) is 0 Å². The quantitative estimate of drug-likeness (QED) is 0.851. The van der Waals surface area contributed by atoms with Gasteiger partial charge >= 0.3 is 0 Å². The van der Waals surface area contributed by atoms with Crippen molar-refractivity contribution in [2.45, 2.75) is 32.3 Å². The van der Waals surface area contributed by atoms with E-state index in [4.69, 9.17) is 9.15 Å². The van der Waals surface area contributed by atoms with Crippen molar-refractivity contribution < 1.29 is 13.9 Å². The zero-order chi connectivity index (χ0) is 16.2. The molecule has 23 heavy (non-hydrogen) atoms. The van der Waals surface area contributed by atoms with Crippen LogP contribution in [0.25, 0.3) is 11.5 Å². The second kappa shape index (κ2) is 6.96. The van der Waals surface area contributed by atoms with Crippen molar-refractivity contribution >= 4 is 5.91 Å². The summed E-state index contributed by atoms with van der Waals surface area (Å²) in [6, 6.07) is 9.72. The molecule has 1 unspecified atom stereocenters. The van der Waals surface area contributed by atoms with E-state index in [0.717, 1.165) is 25.0 Å². The predicted octanol–water partition coefficient (Wildman–Crippen LogP) is 2.83. The molecule has 0 radical (unpaired) electrons. The number of carbonyl (C=O) groups is 1. The van der Waals surface area contributed by atoms with E-state index in [0.29, 0.717) is 23.9 Å². The Labute approximate surface area is 136 Å². The smallest absolute Gasteiger partial charge is 0.228 e. The number of nitrogens with zero attached hydrogens (tertiary/aromatic N) is 2. The fraction of sp³-hybridized carbons (Fsp3) is 0.444. The third-order valence-corrected chi connectivity index (χ3v) is 4.16. The number of carbonyl (C=O) groups excluding carboxylic acids is 1. The molecule has 1 amide bonds. The Morgan fingerprint density at radius 1 is 1.35 bits per heavy atom. The van der Waals surface area contributed by atoms with Crippen LogP contribution in [0.3, 0.4) is 0 Å². The molecule has 2 heterocycles. The minimum absolute atomic E-state index is 0.0384. The summed E-state index contributed by atoms with van der Waals surface area (Å²) in [6.07, 6.45) is 2.53. The third kappa shape index (κ3) is 3.79. The van der Waals surface area contributed by atoms with Gasteiger partial charge in [0.1, 0.15) is 5.76 Å². The first kappa shape index (κ1) is 15.7. The van der Waals surface area contributed by atoms with E-state index in [1.807, 2.05) is 44.3 Å². The molecular formula is C18H22N2O3. The van der Waals surface area contributed by atoms with E-state index >= 15 is 0 Å². The molecule has 5 nitrogen and oxygen atoms in total. The van der Waals surface area contributed by atoms with Crippen molar-refractivity contribution in [3.63, 3.8) is 0 Å². The van der Waals surface area contributed by atoms with Gasteiger partial charge in [0, 0.05) is 25.8 Å². The van der Waals surface area contributed by atoms with E-state index in [9.17, 15) is 4.79 Å². The van der Waals surface area contributed by atoms with Gasteiger partial charge in [-0.25, -0.2) is 4.98 Å². The number of hydrogen-bond acceptors (Lipinski definition) is 4. The highest BCUT2D eigenvalue weighted by atomic mass is 16.5. The molecule has 1 aromatic carbocycles. The van der Waals surface area contributed by atoms with E-state index < -0.39 is 0 Å². The largest absolute Gasteiger partial charge is 0.441 e. The highest BCUT2D eigenvalue weighted by Gasteiger charge is 2.22. The van der Waals surface area contributed by atoms with Crippen molar-refractivity contribution in [2.75, 3.05) is 20.2 Å². The van der Waals surface area contributed by atoms with Crippen LogP contribution in [0.4, 0.5) is 0 Å². The highest BCUT2D eigenvalue weighted by molar-refractivity contribution is 5.78. The molecule has 5 heteroatoms. The number of aromatic nitrogens is 1. The lowest BCUT2D eigenvalue weighted by Gasteiger charge is -2.20. The number of benzene rings is 1. The summed E-state index contributed by atoms with van der Waals surface area (Å²) in [5.74, 6) is 1.30. The van der Waals surface area contributed by atoms with E-state index in [1.165, 1.54) is 0 Å². The van der Waals surface area contributed by atoms with Gasteiger partial charge in [0.15, 0.2) is 0 Å². The zero-order valence-electron chi connectivity index (χ0n) is 13.6. The van der Waals surface area contributed by atoms with Gasteiger partial charge in [-0.1, -0.05) is 18.2 Å². The molecule has 1 saturated heterocycles. The third-order valence-electron chi connectivity index (χ3n) is 4.16. The van der Waals surface area contributed by atoms with Gasteiger partial charge < -0.3 is 14.1 Å². The number of rotatable bonds is 5. The summed E-state index contributed by atoms with van der Waals surface area (Å²) in [7, 11) is 1.82. The van der Waals surface area contributed by atoms with Crippen LogP contribution in [0.2, 0.25) is 0 Å². The summed E-state index contributed by atoms with van der Waals surface area (Å²) in [6.45, 7) is 3.29. The molecule has 0 aliphatic carbocycles. The van der Waals surface area contributed by atoms with Crippen LogP contribution in [0, 0.1) is 6.92 Å². The predicted molar refractivity (Wildman–Crippen MR) is 87.0 cm³/mol. The zero-order valence-corrected chi connectivity index (χ0v) is 13.6. The lowest BCUT2D eigenvalue weighted by Crippen LogP contribution is -2.35. The Kier molecular flexibility index (Phi) is 4.76. The highest BCUT2D eigenvalue weighted by Crippen LogP contribution is 2.22. The number of likely N-dealkylation sites (N-methyl/N-ethyl adjacent to an activating group) is 1. The summed E-state index contributed by atoms with van der Waals surface area (Å²) in [4.78, 5) is 18.6. The van der Waals surface area contributed by atoms with Crippen molar-refractivity contribution in [3.8, 4) is 11.5 Å². The summed E-state index contributed by atoms with van der Waals surface area (Å²) in [5.41, 5.74) is 1.62. The molecule has 1 aliphatic rings. The van der Waals surface area contributed by atoms with Crippen molar-refractivity contribution in [3.05, 3.63) is 41.8 Å². The summed E-state index contributed by atoms with van der Waals surface area (Å²) in [5, 5.41) is 0. The molecule has 2 aromatic rings. The Bertz CT molecular complexity index is 660. The first-order valence-corrected chi connectivity index (χ1v) is 8.01. The van der Waals surface area contributed by atoms with Crippen molar-refractivity contribution in [1.29, 1.82) is 0 Å². The lowest BCUT2D eigenvalue weighted by atomic mass is 10.2. The van der Waals surface area contributed by atoms with Crippen LogP contribution >= 0.6 is 0 Å². The van der Waals surface area contributed by atoms with Crippen molar-refractivity contribution in [1.82, 2.24) is 9.88 Å². The molecule has 0 N–H and O–H groups in total. The normalized spacial score (nSPS) is 17.4. The molecule has 0 bridgehead atoms. The molecule has 3 rings (SSSR count). The second-order valence-electron chi connectivity index (χ2n) is 5.97. The summed E-state index contributed by atoms with van der Waals surface area (Å²) >= 11 is 0. The number of oxazole rings is 1. The second-order valence-corrected chi connectivity index (χ2v) is 5.97. The van der Waals surface area contributed by atoms with Gasteiger partial charge in [0.05, 0.1) is 18.2 Å². The molecule has 122 valence electrons. The standard InChI is InChI=1S/C18H22N2O3/c1-13-16(19-18(23-13)14-7-4-3-5-8-14)11-17(21)20(2)12-15-9-6-10-22-15/h3-5,7-8,15H,6,9-12H2,1-2H3. The fourth-order valence-electron chi connectivity index (χ4n) is 2.77. The monoisotopic (exact) mass is 314 g/mol. The van der Waals surface area contributed by atoms with Crippen LogP contribution < -0.4 is 0 Å². The van der Waals surface area contributed by atoms with E-state index in [2.05, 4.69) is 4.98 Å². The van der Waals surface area contributed by atoms with Crippen LogP contribution in [-0.4, -0.2) is 42.1 Å². The summed E-state index contributed by atoms with van der Waals surface area (Å²) < 4.78 is 11.3. The van der Waals surface area contributed by atoms with Crippen molar-refractivity contribution in [2.24, 2.45) is 0 Å². The Morgan fingerprint density at radius 3 is 2.83 bits per heavy atom. The minimum Gasteiger partial charge on any atom is -0.441 e. The number of ether oxygens (including phenoxy) is 1. The molecule has 1 aromatic heterocycles. The molecule has 1 atom stereocenters. The van der Waals surface area contributed by atoms with Crippen LogP contribution in [-0.2, 0) is 16.0 Å². The van der Waals surface area contributed by atoms with Gasteiger partial charge in [0.2, 0.25) is 11.8 Å². The van der Waals surface area contributed by atoms with Crippen LogP contribution in [0.15, 0.2) is 34.7 Å². The molecular weight excluding hydrogens is 292 g/mol. The van der Waals surface area contributed by atoms with Gasteiger partial charge in [-0.15, -0.1) is 0 Å². The Hall–Kier alpha value is -2.14. The average molecular weight is 314 g/mol. The molecule has 0 saturated carbocycles. The SMILES string of the molecule is Cc1oc(-c2ccccc2)nc1CC(=O)N(C)CC1CCCO1. The fourth-order valence-corrected chi connectivity index (χ4v) is 2.77. The average Bonchev–Trinajstić information content (AvgIpc) is 3.18. The Morgan fingerprint density at radius 2 is 2.13 bits per heavy atom. The van der Waals surface area contributed by atoms with Gasteiger partial charge in [0.25, 0.3) is 0 Å². The number of hydrogen-bond donors (Lipinski definition) is 0. The van der Waals surface area contributed by atoms with E-state index in [-0.39, 0.29) is 18.4 Å². The first-order chi connectivity index (χ1) is 11.1. The number of aryl methyl sites for hydroxylation is 1. The van der Waals surface area contributed by atoms with E-state index in [1.54, 1.807) is 4.90 Å². The number of amides is 1. The molecule has 1 aliphatic heterocycles. The minimum atomic E-state index is 0.0384. The topological polar surface area (TPSA) is 55.6 Å². The van der Waals surface area contributed by atoms with Crippen LogP contribution in [0.5, 0.6) is 0 Å². The van der Waals surface area contributed by atoms with Gasteiger partial charge in [-0.05, 0) is 31.9 Å². The molecule has 0 spiro atoms. The van der Waals surface area contributed by atoms with Gasteiger partial charge in [-0.3, -0.25) is 4.79 Å². The first-order valence-electron chi connectivity index (χ1n) is 8.01. The maximum Gasteiger partial charge on any atom is 0.228 e. The lowest BCUT2D eigenvalue weighted by molar-refractivity contribution is -0.130. The van der Waals surface area contributed by atoms with Crippen LogP contribution in [0.1, 0.15) is 24.3 Å². The molecule has 1 fully saturated rings. The Balaban J connectivity index is 1.65.